The minimum absolute atomic E-state index is 0.0379. The Morgan fingerprint density at radius 1 is 1.50 bits per heavy atom. The maximum atomic E-state index is 12.3. The summed E-state index contributed by atoms with van der Waals surface area (Å²) in [5.41, 5.74) is 0. The fraction of sp³-hybridized carbons (Fsp3) is 0.615. The Hall–Kier alpha value is -1.34. The maximum Gasteiger partial charge on any atom is 0.289 e. The van der Waals surface area contributed by atoms with Gasteiger partial charge < -0.3 is 9.32 Å². The summed E-state index contributed by atoms with van der Waals surface area (Å²) in [4.78, 5) is 13.9. The van der Waals surface area contributed by atoms with E-state index in [9.17, 15) is 13.2 Å². The zero-order valence-electron chi connectivity index (χ0n) is 11.9. The lowest BCUT2D eigenvalue weighted by molar-refractivity contribution is 0.0751. The number of rotatable bonds is 3. The van der Waals surface area contributed by atoms with E-state index in [1.54, 1.807) is 4.90 Å². The molecule has 0 saturated carbocycles. The van der Waals surface area contributed by atoms with E-state index >= 15 is 0 Å². The first-order valence-electron chi connectivity index (χ1n) is 6.62. The molecule has 1 saturated heterocycles. The van der Waals surface area contributed by atoms with Crippen LogP contribution in [-0.2, 0) is 10.0 Å². The van der Waals surface area contributed by atoms with Crippen LogP contribution in [0.2, 0.25) is 0 Å². The van der Waals surface area contributed by atoms with Crippen molar-refractivity contribution in [3.05, 3.63) is 17.6 Å². The number of hydrogen-bond donors (Lipinski definition) is 1. The smallest absolute Gasteiger partial charge is 0.289 e. The topological polar surface area (TPSA) is 93.6 Å². The number of carbonyl (C=O) groups is 1. The van der Waals surface area contributed by atoms with E-state index in [1.807, 2.05) is 0 Å². The van der Waals surface area contributed by atoms with Gasteiger partial charge in [-0.2, -0.15) is 0 Å². The number of primary sulfonamides is 1. The molecular formula is C13H20N2O4S. The van der Waals surface area contributed by atoms with Crippen LogP contribution in [0.4, 0.5) is 0 Å². The maximum absolute atomic E-state index is 12.3. The molecule has 2 heterocycles. The molecule has 2 rings (SSSR count). The van der Waals surface area contributed by atoms with Crippen molar-refractivity contribution < 1.29 is 17.6 Å². The minimum atomic E-state index is -3.86. The van der Waals surface area contributed by atoms with Crippen LogP contribution in [-0.4, -0.2) is 32.3 Å². The highest BCUT2D eigenvalue weighted by Crippen LogP contribution is 2.26. The number of carbonyl (C=O) groups excluding carboxylic acids is 1. The Labute approximate surface area is 119 Å². The van der Waals surface area contributed by atoms with Crippen molar-refractivity contribution in [3.63, 3.8) is 0 Å². The number of nitrogens with two attached hydrogens (primary N) is 1. The molecule has 1 atom stereocenters. The standard InChI is InChI=1S/C13H20N2O4S/c1-8(2)10-4-5-15(7-10)13(16)11-6-12(9(3)19-11)20(14,17)18/h6,8,10H,4-5,7H2,1-3H3,(H2,14,17,18). The number of aryl methyl sites for hydroxylation is 1. The van der Waals surface area contributed by atoms with Gasteiger partial charge in [-0.15, -0.1) is 0 Å². The fourth-order valence-electron chi connectivity index (χ4n) is 2.53. The molecule has 0 spiro atoms. The van der Waals surface area contributed by atoms with Gasteiger partial charge in [0.15, 0.2) is 5.76 Å². The number of nitrogens with zero attached hydrogens (tertiary/aromatic N) is 1. The van der Waals surface area contributed by atoms with E-state index in [-0.39, 0.29) is 22.3 Å². The van der Waals surface area contributed by atoms with Gasteiger partial charge in [-0.3, -0.25) is 4.79 Å². The highest BCUT2D eigenvalue weighted by atomic mass is 32.2. The molecular weight excluding hydrogens is 280 g/mol. The molecule has 1 aliphatic heterocycles. The Morgan fingerprint density at radius 3 is 2.60 bits per heavy atom. The molecule has 6 nitrogen and oxygen atoms in total. The van der Waals surface area contributed by atoms with Crippen molar-refractivity contribution >= 4 is 15.9 Å². The first kappa shape index (κ1) is 15.1. The number of furan rings is 1. The Balaban J connectivity index is 2.19. The second kappa shape index (κ2) is 5.21. The zero-order valence-corrected chi connectivity index (χ0v) is 12.7. The molecule has 1 aliphatic rings. The van der Waals surface area contributed by atoms with Crippen LogP contribution < -0.4 is 5.14 Å². The van der Waals surface area contributed by atoms with E-state index in [2.05, 4.69) is 13.8 Å². The predicted octanol–water partition coefficient (Wildman–Crippen LogP) is 1.35. The monoisotopic (exact) mass is 300 g/mol. The van der Waals surface area contributed by atoms with E-state index in [0.29, 0.717) is 24.9 Å². The lowest BCUT2D eigenvalue weighted by atomic mass is 9.95. The third-order valence-electron chi connectivity index (χ3n) is 3.84. The summed E-state index contributed by atoms with van der Waals surface area (Å²) in [5, 5.41) is 5.07. The van der Waals surface area contributed by atoms with E-state index < -0.39 is 10.0 Å². The third-order valence-corrected chi connectivity index (χ3v) is 4.86. The van der Waals surface area contributed by atoms with Gasteiger partial charge >= 0.3 is 0 Å². The molecule has 2 N–H and O–H groups in total. The van der Waals surface area contributed by atoms with Gasteiger partial charge in [-0.1, -0.05) is 13.8 Å². The highest BCUT2D eigenvalue weighted by molar-refractivity contribution is 7.89. The van der Waals surface area contributed by atoms with Gasteiger partial charge in [0, 0.05) is 19.2 Å². The molecule has 112 valence electrons. The first-order valence-corrected chi connectivity index (χ1v) is 8.17. The van der Waals surface area contributed by atoms with Crippen LogP contribution >= 0.6 is 0 Å². The molecule has 1 amide bonds. The van der Waals surface area contributed by atoms with Gasteiger partial charge in [0.1, 0.15) is 10.7 Å². The van der Waals surface area contributed by atoms with E-state index in [0.717, 1.165) is 6.42 Å². The summed E-state index contributed by atoms with van der Waals surface area (Å²) >= 11 is 0. The number of hydrogen-bond acceptors (Lipinski definition) is 4. The molecule has 1 aromatic rings. The lowest BCUT2D eigenvalue weighted by Crippen LogP contribution is -2.29. The molecule has 20 heavy (non-hydrogen) atoms. The summed E-state index contributed by atoms with van der Waals surface area (Å²) in [6.45, 7) is 7.11. The Kier molecular flexibility index (Phi) is 3.93. The quantitative estimate of drug-likeness (QED) is 0.911. The van der Waals surface area contributed by atoms with Crippen molar-refractivity contribution in [1.29, 1.82) is 0 Å². The Morgan fingerprint density at radius 2 is 2.15 bits per heavy atom. The molecule has 1 unspecified atom stereocenters. The molecule has 0 radical (unpaired) electrons. The summed E-state index contributed by atoms with van der Waals surface area (Å²) in [6.07, 6.45) is 0.963. The average Bonchev–Trinajstić information content (AvgIpc) is 2.93. The fourth-order valence-corrected chi connectivity index (χ4v) is 3.24. The third kappa shape index (κ3) is 2.88. The lowest BCUT2D eigenvalue weighted by Gasteiger charge is -2.16. The SMILES string of the molecule is Cc1oc(C(=O)N2CCC(C(C)C)C2)cc1S(N)(=O)=O. The van der Waals surface area contributed by atoms with Crippen molar-refractivity contribution in [3.8, 4) is 0 Å². The van der Waals surface area contributed by atoms with Gasteiger partial charge in [0.05, 0.1) is 0 Å². The van der Waals surface area contributed by atoms with Gasteiger partial charge in [0.2, 0.25) is 10.0 Å². The second-order valence-corrected chi connectivity index (χ2v) is 7.15. The average molecular weight is 300 g/mol. The summed E-state index contributed by atoms with van der Waals surface area (Å²) < 4.78 is 28.0. The van der Waals surface area contributed by atoms with Crippen LogP contribution in [0.3, 0.4) is 0 Å². The molecule has 1 aromatic heterocycles. The second-order valence-electron chi connectivity index (χ2n) is 5.62. The number of sulfonamides is 1. The Bertz CT molecular complexity index is 618. The molecule has 0 aliphatic carbocycles. The molecule has 0 bridgehead atoms. The van der Waals surface area contributed by atoms with Crippen LogP contribution in [0.1, 0.15) is 36.6 Å². The summed E-state index contributed by atoms with van der Waals surface area (Å²) in [6, 6.07) is 1.22. The van der Waals surface area contributed by atoms with Crippen molar-refractivity contribution in [2.24, 2.45) is 17.0 Å². The van der Waals surface area contributed by atoms with Gasteiger partial charge in [-0.05, 0) is 25.2 Å². The van der Waals surface area contributed by atoms with Crippen LogP contribution in [0.15, 0.2) is 15.4 Å². The molecule has 1 fully saturated rings. The number of amides is 1. The van der Waals surface area contributed by atoms with Crippen molar-refractivity contribution in [2.75, 3.05) is 13.1 Å². The van der Waals surface area contributed by atoms with Crippen LogP contribution in [0.25, 0.3) is 0 Å². The molecule has 0 aromatic carbocycles. The van der Waals surface area contributed by atoms with Gasteiger partial charge in [-0.25, -0.2) is 13.6 Å². The van der Waals surface area contributed by atoms with Crippen molar-refractivity contribution in [2.45, 2.75) is 32.1 Å². The number of likely N-dealkylation sites (tertiary alicyclic amines) is 1. The van der Waals surface area contributed by atoms with Gasteiger partial charge in [0.25, 0.3) is 5.91 Å². The normalized spacial score (nSPS) is 19.9. The summed E-state index contributed by atoms with van der Waals surface area (Å²) in [7, 11) is -3.86. The summed E-state index contributed by atoms with van der Waals surface area (Å²) in [5.74, 6) is 0.913. The largest absolute Gasteiger partial charge is 0.455 e. The first-order chi connectivity index (χ1) is 9.20. The molecule has 7 heteroatoms. The van der Waals surface area contributed by atoms with E-state index in [1.165, 1.54) is 13.0 Å². The minimum Gasteiger partial charge on any atom is -0.455 e. The van der Waals surface area contributed by atoms with Crippen LogP contribution in [0, 0.1) is 18.8 Å². The predicted molar refractivity (Wildman–Crippen MR) is 73.7 cm³/mol. The highest BCUT2D eigenvalue weighted by Gasteiger charge is 2.31. The van der Waals surface area contributed by atoms with E-state index in [4.69, 9.17) is 9.56 Å². The van der Waals surface area contributed by atoms with Crippen LogP contribution in [0.5, 0.6) is 0 Å². The van der Waals surface area contributed by atoms with Crippen molar-refractivity contribution in [1.82, 2.24) is 4.90 Å². The zero-order chi connectivity index (χ0) is 15.1.